The van der Waals surface area contributed by atoms with Gasteiger partial charge in [0, 0.05) is 16.9 Å². The number of aromatic nitrogens is 4. The monoisotopic (exact) mass is 409 g/mol. The van der Waals surface area contributed by atoms with Crippen molar-refractivity contribution in [3.05, 3.63) is 76.5 Å². The topological polar surface area (TPSA) is 83.6 Å². The second-order valence-corrected chi connectivity index (χ2v) is 7.39. The van der Waals surface area contributed by atoms with Crippen LogP contribution in [-0.4, -0.2) is 26.1 Å². The highest BCUT2D eigenvalue weighted by molar-refractivity contribution is 7.13. The molecule has 2 aromatic heterocycles. The van der Waals surface area contributed by atoms with Crippen LogP contribution in [0.15, 0.2) is 60.2 Å². The number of nitrogens with zero attached hydrogens (tertiary/aromatic N) is 3. The van der Waals surface area contributed by atoms with E-state index in [1.165, 1.54) is 17.7 Å². The molecule has 2 heterocycles. The lowest BCUT2D eigenvalue weighted by Gasteiger charge is -2.11. The van der Waals surface area contributed by atoms with Gasteiger partial charge in [0.25, 0.3) is 0 Å². The van der Waals surface area contributed by atoms with Crippen molar-refractivity contribution < 1.29 is 4.79 Å². The fourth-order valence-corrected chi connectivity index (χ4v) is 3.70. The Kier molecular flexibility index (Phi) is 5.45. The third-order valence-electron chi connectivity index (χ3n) is 4.16. The predicted octanol–water partition coefficient (Wildman–Crippen LogP) is 4.11. The molecule has 0 fully saturated rings. The number of H-pyrrole nitrogens is 1. The minimum atomic E-state index is -0.0830. The van der Waals surface area contributed by atoms with Crippen molar-refractivity contribution in [3.8, 4) is 22.0 Å². The van der Waals surface area contributed by atoms with Crippen molar-refractivity contribution in [2.45, 2.75) is 13.0 Å². The molecule has 0 unspecified atom stereocenters. The summed E-state index contributed by atoms with van der Waals surface area (Å²) in [6.07, 6.45) is 1.65. The molecule has 140 valence electrons. The van der Waals surface area contributed by atoms with Gasteiger partial charge in [-0.2, -0.15) is 5.10 Å². The van der Waals surface area contributed by atoms with Crippen LogP contribution in [0.1, 0.15) is 11.3 Å². The smallest absolute Gasteiger partial charge is 0.226 e. The summed E-state index contributed by atoms with van der Waals surface area (Å²) in [5.41, 5.74) is 3.88. The zero-order valence-electron chi connectivity index (χ0n) is 14.7. The molecule has 0 aliphatic rings. The van der Waals surface area contributed by atoms with Gasteiger partial charge in [0.2, 0.25) is 5.91 Å². The summed E-state index contributed by atoms with van der Waals surface area (Å²) in [4.78, 5) is 20.9. The van der Waals surface area contributed by atoms with E-state index in [0.29, 0.717) is 28.1 Å². The molecule has 4 aromatic rings. The first kappa shape index (κ1) is 18.3. The molecular weight excluding hydrogens is 394 g/mol. The van der Waals surface area contributed by atoms with E-state index < -0.39 is 0 Å². The summed E-state index contributed by atoms with van der Waals surface area (Å²) in [6, 6.07) is 15.7. The molecule has 0 aliphatic carbocycles. The van der Waals surface area contributed by atoms with Gasteiger partial charge in [-0.3, -0.25) is 9.89 Å². The van der Waals surface area contributed by atoms with E-state index in [1.807, 2.05) is 53.9 Å². The van der Waals surface area contributed by atoms with Gasteiger partial charge in [0.05, 0.1) is 12.1 Å². The van der Waals surface area contributed by atoms with Crippen molar-refractivity contribution in [1.82, 2.24) is 25.5 Å². The third kappa shape index (κ3) is 4.27. The first-order chi connectivity index (χ1) is 13.7. The fourth-order valence-electron chi connectivity index (χ4n) is 2.81. The first-order valence-electron chi connectivity index (χ1n) is 8.60. The number of hydrogen-bond acceptors (Lipinski definition) is 5. The Morgan fingerprint density at radius 2 is 1.96 bits per heavy atom. The number of carbonyl (C=O) groups excluding carboxylic acids is 1. The van der Waals surface area contributed by atoms with Gasteiger partial charge in [-0.1, -0.05) is 48.0 Å². The normalized spacial score (nSPS) is 10.8. The van der Waals surface area contributed by atoms with Crippen molar-refractivity contribution in [1.29, 1.82) is 0 Å². The number of benzene rings is 2. The highest BCUT2D eigenvalue weighted by Crippen LogP contribution is 2.25. The van der Waals surface area contributed by atoms with E-state index in [0.717, 1.165) is 16.7 Å². The average Bonchev–Trinajstić information content (AvgIpc) is 3.39. The van der Waals surface area contributed by atoms with Crippen molar-refractivity contribution in [2.24, 2.45) is 0 Å². The van der Waals surface area contributed by atoms with E-state index >= 15 is 0 Å². The van der Waals surface area contributed by atoms with Crippen molar-refractivity contribution >= 4 is 28.8 Å². The van der Waals surface area contributed by atoms with E-state index in [9.17, 15) is 4.79 Å². The van der Waals surface area contributed by atoms with E-state index in [-0.39, 0.29) is 12.3 Å². The van der Waals surface area contributed by atoms with Gasteiger partial charge in [0.1, 0.15) is 6.33 Å². The molecule has 2 aromatic carbocycles. The number of hydrogen-bond donors (Lipinski definition) is 2. The number of carbonyl (C=O) groups is 1. The average molecular weight is 410 g/mol. The minimum absolute atomic E-state index is 0.0830. The Hall–Kier alpha value is -3.03. The molecule has 4 rings (SSSR count). The largest absolute Gasteiger partial charge is 0.352 e. The van der Waals surface area contributed by atoms with Crippen LogP contribution in [0.3, 0.4) is 0 Å². The van der Waals surface area contributed by atoms with Gasteiger partial charge in [-0.05, 0) is 28.8 Å². The number of amides is 1. The Balaban J connectivity index is 1.41. The molecule has 0 bridgehead atoms. The summed E-state index contributed by atoms with van der Waals surface area (Å²) >= 11 is 7.41. The molecule has 0 saturated heterocycles. The van der Waals surface area contributed by atoms with Gasteiger partial charge < -0.3 is 5.32 Å². The summed E-state index contributed by atoms with van der Waals surface area (Å²) in [6.45, 7) is 0.441. The number of aromatic amines is 1. The molecule has 0 spiro atoms. The SMILES string of the molecule is O=C(Cc1csc(-c2ncn[nH]2)n1)NCc1ccccc1-c1ccc(Cl)cc1. The molecular formula is C20H16ClN5OS. The summed E-state index contributed by atoms with van der Waals surface area (Å²) in [5.74, 6) is 0.522. The predicted molar refractivity (Wildman–Crippen MR) is 110 cm³/mol. The highest BCUT2D eigenvalue weighted by atomic mass is 35.5. The lowest BCUT2D eigenvalue weighted by molar-refractivity contribution is -0.120. The molecule has 0 radical (unpaired) electrons. The Bertz CT molecular complexity index is 1080. The van der Waals surface area contributed by atoms with Crippen LogP contribution in [0.5, 0.6) is 0 Å². The lowest BCUT2D eigenvalue weighted by Crippen LogP contribution is -2.25. The van der Waals surface area contributed by atoms with Gasteiger partial charge >= 0.3 is 0 Å². The molecule has 8 heteroatoms. The van der Waals surface area contributed by atoms with Crippen molar-refractivity contribution in [3.63, 3.8) is 0 Å². The minimum Gasteiger partial charge on any atom is -0.352 e. The summed E-state index contributed by atoms with van der Waals surface area (Å²) in [7, 11) is 0. The van der Waals surface area contributed by atoms with Crippen LogP contribution < -0.4 is 5.32 Å². The maximum Gasteiger partial charge on any atom is 0.226 e. The van der Waals surface area contributed by atoms with Crippen LogP contribution in [0.4, 0.5) is 0 Å². The van der Waals surface area contributed by atoms with Crippen molar-refractivity contribution in [2.75, 3.05) is 0 Å². The van der Waals surface area contributed by atoms with Crippen LogP contribution >= 0.6 is 22.9 Å². The molecule has 0 saturated carbocycles. The fraction of sp³-hybridized carbons (Fsp3) is 0.100. The lowest BCUT2D eigenvalue weighted by atomic mass is 10.00. The highest BCUT2D eigenvalue weighted by Gasteiger charge is 2.11. The van der Waals surface area contributed by atoms with Gasteiger partial charge in [-0.15, -0.1) is 11.3 Å². The quantitative estimate of drug-likeness (QED) is 0.502. The standard InChI is InChI=1S/C20H16ClN5OS/c21-15-7-5-13(6-8-15)17-4-2-1-3-14(17)10-22-18(27)9-16-11-28-20(25-16)19-23-12-24-26-19/h1-8,11-12H,9-10H2,(H,22,27)(H,23,24,26). The zero-order chi connectivity index (χ0) is 19.3. The second-order valence-electron chi connectivity index (χ2n) is 6.10. The van der Waals surface area contributed by atoms with Crippen LogP contribution in [0.25, 0.3) is 22.0 Å². The maximum atomic E-state index is 12.4. The third-order valence-corrected chi connectivity index (χ3v) is 5.31. The number of halogens is 1. The van der Waals surface area contributed by atoms with Gasteiger partial charge in [-0.25, -0.2) is 9.97 Å². The zero-order valence-corrected chi connectivity index (χ0v) is 16.3. The van der Waals surface area contributed by atoms with Crippen LogP contribution in [0.2, 0.25) is 5.02 Å². The van der Waals surface area contributed by atoms with Gasteiger partial charge in [0.15, 0.2) is 10.8 Å². The number of rotatable bonds is 6. The molecule has 1 amide bonds. The van der Waals surface area contributed by atoms with E-state index in [2.05, 4.69) is 25.5 Å². The molecule has 2 N–H and O–H groups in total. The van der Waals surface area contributed by atoms with Crippen LogP contribution in [0, 0.1) is 0 Å². The second kappa shape index (κ2) is 8.33. The number of nitrogens with one attached hydrogen (secondary N) is 2. The number of thiazole rings is 1. The van der Waals surface area contributed by atoms with Crippen LogP contribution in [-0.2, 0) is 17.8 Å². The van der Waals surface area contributed by atoms with E-state index in [4.69, 9.17) is 11.6 Å². The molecule has 0 atom stereocenters. The summed E-state index contributed by atoms with van der Waals surface area (Å²) < 4.78 is 0. The first-order valence-corrected chi connectivity index (χ1v) is 9.85. The Labute approximate surface area is 170 Å². The molecule has 6 nitrogen and oxygen atoms in total. The summed E-state index contributed by atoms with van der Waals surface area (Å²) in [5, 5.41) is 12.8. The Morgan fingerprint density at radius 3 is 2.75 bits per heavy atom. The molecule has 0 aliphatic heterocycles. The maximum absolute atomic E-state index is 12.4. The van der Waals surface area contributed by atoms with E-state index in [1.54, 1.807) is 0 Å². The molecule has 28 heavy (non-hydrogen) atoms. The Morgan fingerprint density at radius 1 is 1.14 bits per heavy atom.